The number of halogens is 4. The number of nitro benzene ring substituents is 1. The van der Waals surface area contributed by atoms with Crippen molar-refractivity contribution in [2.24, 2.45) is 0 Å². The summed E-state index contributed by atoms with van der Waals surface area (Å²) >= 11 is 0. The van der Waals surface area contributed by atoms with Crippen LogP contribution >= 0.6 is 0 Å². The number of aromatic nitrogens is 2. The molecule has 0 fully saturated rings. The summed E-state index contributed by atoms with van der Waals surface area (Å²) in [5.74, 6) is -1.74. The molecule has 0 spiro atoms. The van der Waals surface area contributed by atoms with Gasteiger partial charge in [-0.2, -0.15) is 18.2 Å². The number of nitrogens with zero attached hydrogens (tertiary/aromatic N) is 3. The van der Waals surface area contributed by atoms with Gasteiger partial charge in [0.15, 0.2) is 0 Å². The van der Waals surface area contributed by atoms with E-state index >= 15 is 0 Å². The number of nitro groups is 1. The molecule has 0 aliphatic rings. The predicted molar refractivity (Wildman–Crippen MR) is 103 cm³/mol. The Morgan fingerprint density at radius 3 is 2.69 bits per heavy atom. The Labute approximate surface area is 177 Å². The van der Waals surface area contributed by atoms with E-state index in [0.29, 0.717) is 5.56 Å². The summed E-state index contributed by atoms with van der Waals surface area (Å²) in [5, 5.41) is 19.1. The van der Waals surface area contributed by atoms with E-state index in [2.05, 4.69) is 15.5 Å². The molecule has 1 aromatic heterocycles. The van der Waals surface area contributed by atoms with Crippen LogP contribution in [0.2, 0.25) is 0 Å². The van der Waals surface area contributed by atoms with Crippen molar-refractivity contribution < 1.29 is 31.8 Å². The number of alkyl halides is 3. The second-order valence-electron chi connectivity index (χ2n) is 6.60. The van der Waals surface area contributed by atoms with Gasteiger partial charge in [-0.1, -0.05) is 17.3 Å². The molecule has 0 aliphatic heterocycles. The van der Waals surface area contributed by atoms with Crippen molar-refractivity contribution in [3.8, 4) is 11.4 Å². The zero-order valence-electron chi connectivity index (χ0n) is 16.4. The number of carbonyl (C=O) groups is 1. The summed E-state index contributed by atoms with van der Waals surface area (Å²) in [6, 6.07) is 7.62. The summed E-state index contributed by atoms with van der Waals surface area (Å²) in [6.07, 6.45) is -4.60. The summed E-state index contributed by atoms with van der Waals surface area (Å²) in [7, 11) is 0. The second kappa shape index (κ2) is 8.99. The van der Waals surface area contributed by atoms with Crippen LogP contribution in [0.5, 0.6) is 0 Å². The lowest BCUT2D eigenvalue weighted by molar-refractivity contribution is -0.384. The molecule has 1 amide bonds. The first-order chi connectivity index (χ1) is 15.0. The van der Waals surface area contributed by atoms with Gasteiger partial charge in [0.2, 0.25) is 11.7 Å². The first kappa shape index (κ1) is 22.7. The molecular formula is C19H15F4N5O4. The molecule has 0 radical (unpaired) electrons. The monoisotopic (exact) mass is 453 g/mol. The number of non-ortho nitro benzene ring substituents is 1. The first-order valence-electron chi connectivity index (χ1n) is 9.00. The van der Waals surface area contributed by atoms with Crippen molar-refractivity contribution in [2.75, 3.05) is 11.9 Å². The third-order valence-electron chi connectivity index (χ3n) is 4.27. The average Bonchev–Trinajstić information content (AvgIpc) is 3.21. The summed E-state index contributed by atoms with van der Waals surface area (Å²) in [4.78, 5) is 26.3. The Morgan fingerprint density at radius 1 is 1.25 bits per heavy atom. The van der Waals surface area contributed by atoms with Crippen LogP contribution in [-0.2, 0) is 6.54 Å². The van der Waals surface area contributed by atoms with Crippen LogP contribution in [0.1, 0.15) is 21.8 Å². The molecule has 0 atom stereocenters. The molecule has 2 aromatic carbocycles. The van der Waals surface area contributed by atoms with Crippen molar-refractivity contribution in [2.45, 2.75) is 19.6 Å². The molecule has 0 saturated heterocycles. The van der Waals surface area contributed by atoms with E-state index in [1.807, 2.05) is 0 Å². The number of rotatable bonds is 7. The van der Waals surface area contributed by atoms with E-state index in [1.165, 1.54) is 31.2 Å². The van der Waals surface area contributed by atoms with Crippen LogP contribution in [0.15, 0.2) is 40.9 Å². The van der Waals surface area contributed by atoms with Crippen LogP contribution in [-0.4, -0.2) is 33.7 Å². The highest BCUT2D eigenvalue weighted by Crippen LogP contribution is 2.24. The van der Waals surface area contributed by atoms with Crippen LogP contribution in [0, 0.1) is 22.9 Å². The number of carbonyl (C=O) groups excluding carboxylic acids is 1. The smallest absolute Gasteiger partial charge is 0.376 e. The lowest BCUT2D eigenvalue weighted by Crippen LogP contribution is -2.33. The lowest BCUT2D eigenvalue weighted by atomic mass is 10.1. The number of benzene rings is 2. The van der Waals surface area contributed by atoms with Gasteiger partial charge in [-0.15, -0.1) is 0 Å². The minimum Gasteiger partial charge on any atom is -0.376 e. The Bertz CT molecular complexity index is 1160. The topological polar surface area (TPSA) is 123 Å². The Morgan fingerprint density at radius 2 is 2.00 bits per heavy atom. The fourth-order valence-corrected chi connectivity index (χ4v) is 2.65. The molecule has 32 heavy (non-hydrogen) atoms. The van der Waals surface area contributed by atoms with Crippen molar-refractivity contribution in [1.82, 2.24) is 15.5 Å². The summed E-state index contributed by atoms with van der Waals surface area (Å²) in [6.45, 7) is -0.236. The van der Waals surface area contributed by atoms with Crippen molar-refractivity contribution >= 4 is 17.3 Å². The zero-order chi connectivity index (χ0) is 23.5. The molecule has 3 aromatic rings. The van der Waals surface area contributed by atoms with E-state index in [1.54, 1.807) is 11.4 Å². The van der Waals surface area contributed by atoms with Gasteiger partial charge >= 0.3 is 6.18 Å². The number of nitrogens with one attached hydrogen (secondary N) is 2. The number of anilines is 1. The predicted octanol–water partition coefficient (Wildman–Crippen LogP) is 4.00. The lowest BCUT2D eigenvalue weighted by Gasteiger charge is -2.12. The average molecular weight is 453 g/mol. The van der Waals surface area contributed by atoms with E-state index in [4.69, 9.17) is 4.52 Å². The van der Waals surface area contributed by atoms with Crippen molar-refractivity contribution in [1.29, 1.82) is 0 Å². The maximum absolute atomic E-state index is 14.2. The molecule has 0 bridgehead atoms. The Balaban J connectivity index is 1.73. The minimum atomic E-state index is -4.60. The first-order valence-corrected chi connectivity index (χ1v) is 9.00. The Kier molecular flexibility index (Phi) is 6.37. The standard InChI is InChI=1S/C19H15F4N5O4/c1-10-14(20)6-12(18(29)25-9-19(21,22)23)7-15(10)24-8-16-26-17(27-32-16)11-3-2-4-13(5-11)28(30)31/h2-7,24H,8-9H2,1H3,(H,25,29). The summed E-state index contributed by atoms with van der Waals surface area (Å²) in [5.41, 5.74) is 0.147. The number of hydrogen-bond donors (Lipinski definition) is 2. The van der Waals surface area contributed by atoms with Gasteiger partial charge < -0.3 is 15.2 Å². The van der Waals surface area contributed by atoms with Gasteiger partial charge in [0.1, 0.15) is 12.4 Å². The highest BCUT2D eigenvalue weighted by Gasteiger charge is 2.28. The van der Waals surface area contributed by atoms with Crippen LogP contribution in [0.25, 0.3) is 11.4 Å². The molecule has 0 saturated carbocycles. The molecule has 9 nitrogen and oxygen atoms in total. The molecule has 2 N–H and O–H groups in total. The zero-order valence-corrected chi connectivity index (χ0v) is 16.4. The third-order valence-corrected chi connectivity index (χ3v) is 4.27. The molecule has 0 unspecified atom stereocenters. The molecule has 168 valence electrons. The number of amides is 1. The molecule has 0 aliphatic carbocycles. The van der Waals surface area contributed by atoms with Crippen molar-refractivity contribution in [3.05, 3.63) is 69.3 Å². The van der Waals surface area contributed by atoms with E-state index in [9.17, 15) is 32.5 Å². The largest absolute Gasteiger partial charge is 0.405 e. The summed E-state index contributed by atoms with van der Waals surface area (Å²) < 4.78 is 56.1. The molecule has 13 heteroatoms. The third kappa shape index (κ3) is 5.56. The SMILES string of the molecule is Cc1c(F)cc(C(=O)NCC(F)(F)F)cc1NCc1nc(-c2cccc([N+](=O)[O-])c2)no1. The minimum absolute atomic E-state index is 0.0539. The van der Waals surface area contributed by atoms with E-state index in [0.717, 1.165) is 6.07 Å². The van der Waals surface area contributed by atoms with E-state index < -0.39 is 29.4 Å². The second-order valence-corrected chi connectivity index (χ2v) is 6.60. The van der Waals surface area contributed by atoms with Crippen molar-refractivity contribution in [3.63, 3.8) is 0 Å². The maximum Gasteiger partial charge on any atom is 0.405 e. The maximum atomic E-state index is 14.2. The van der Waals surface area contributed by atoms with Crippen LogP contribution in [0.3, 0.4) is 0 Å². The highest BCUT2D eigenvalue weighted by atomic mass is 19.4. The van der Waals surface area contributed by atoms with Gasteiger partial charge in [-0.3, -0.25) is 14.9 Å². The fourth-order valence-electron chi connectivity index (χ4n) is 2.65. The highest BCUT2D eigenvalue weighted by molar-refractivity contribution is 5.95. The quantitative estimate of drug-likeness (QED) is 0.315. The van der Waals surface area contributed by atoms with Gasteiger partial charge in [-0.05, 0) is 19.1 Å². The van der Waals surface area contributed by atoms with Gasteiger partial charge in [0.05, 0.1) is 11.5 Å². The molecule has 1 heterocycles. The van der Waals surface area contributed by atoms with Gasteiger partial charge in [-0.25, -0.2) is 4.39 Å². The van der Waals surface area contributed by atoms with Gasteiger partial charge in [0.25, 0.3) is 11.6 Å². The molecular weight excluding hydrogens is 438 g/mol. The fraction of sp³-hybridized carbons (Fsp3) is 0.211. The molecule has 3 rings (SSSR count). The number of hydrogen-bond acceptors (Lipinski definition) is 7. The Hall–Kier alpha value is -4.03. The van der Waals surface area contributed by atoms with Gasteiger partial charge in [0, 0.05) is 34.5 Å². The van der Waals surface area contributed by atoms with Crippen LogP contribution in [0.4, 0.5) is 28.9 Å². The van der Waals surface area contributed by atoms with Crippen LogP contribution < -0.4 is 10.6 Å². The van der Waals surface area contributed by atoms with E-state index in [-0.39, 0.29) is 40.8 Å². The normalized spacial score (nSPS) is 11.3.